The van der Waals surface area contributed by atoms with Gasteiger partial charge in [-0.1, -0.05) is 6.92 Å². The SMILES string of the molecule is CC1CCC(CNC(=O)CC(F)(F)F)(C(=O)O)CC1. The van der Waals surface area contributed by atoms with Crippen molar-refractivity contribution in [2.45, 2.75) is 45.2 Å². The number of rotatable bonds is 4. The molecule has 0 saturated heterocycles. The Morgan fingerprint density at radius 1 is 1.32 bits per heavy atom. The summed E-state index contributed by atoms with van der Waals surface area (Å²) in [5.74, 6) is -1.81. The molecular weight excluding hydrogens is 263 g/mol. The second-order valence-corrected chi connectivity index (χ2v) is 5.34. The molecule has 0 spiro atoms. The molecule has 0 aromatic rings. The number of carbonyl (C=O) groups excluding carboxylic acids is 1. The predicted molar refractivity (Wildman–Crippen MR) is 61.4 cm³/mol. The van der Waals surface area contributed by atoms with Crippen LogP contribution in [0.15, 0.2) is 0 Å². The Balaban J connectivity index is 2.56. The standard InChI is InChI=1S/C12H18F3NO3/c1-8-2-4-11(5-3-8,10(18)19)7-16-9(17)6-12(13,14)15/h8H,2-7H2,1H3,(H,16,17)(H,18,19). The van der Waals surface area contributed by atoms with Crippen LogP contribution in [-0.2, 0) is 9.59 Å². The number of carbonyl (C=O) groups is 2. The van der Waals surface area contributed by atoms with Crippen LogP contribution in [0.1, 0.15) is 39.0 Å². The minimum absolute atomic E-state index is 0.232. The minimum Gasteiger partial charge on any atom is -0.481 e. The van der Waals surface area contributed by atoms with Gasteiger partial charge in [-0.15, -0.1) is 0 Å². The van der Waals surface area contributed by atoms with E-state index < -0.39 is 29.9 Å². The van der Waals surface area contributed by atoms with Gasteiger partial charge < -0.3 is 10.4 Å². The van der Waals surface area contributed by atoms with E-state index in [-0.39, 0.29) is 6.54 Å². The second-order valence-electron chi connectivity index (χ2n) is 5.34. The van der Waals surface area contributed by atoms with E-state index in [0.29, 0.717) is 31.6 Å². The summed E-state index contributed by atoms with van der Waals surface area (Å²) < 4.78 is 36.0. The van der Waals surface area contributed by atoms with Crippen LogP contribution < -0.4 is 5.32 Å². The number of amides is 1. The number of hydrogen-bond acceptors (Lipinski definition) is 2. The summed E-state index contributed by atoms with van der Waals surface area (Å²) in [6, 6.07) is 0. The van der Waals surface area contributed by atoms with Gasteiger partial charge in [-0.3, -0.25) is 9.59 Å². The van der Waals surface area contributed by atoms with Crippen molar-refractivity contribution in [3.63, 3.8) is 0 Å². The Morgan fingerprint density at radius 2 is 1.84 bits per heavy atom. The molecule has 1 amide bonds. The summed E-state index contributed by atoms with van der Waals surface area (Å²) in [4.78, 5) is 22.4. The summed E-state index contributed by atoms with van der Waals surface area (Å²) in [5.41, 5.74) is -1.12. The van der Waals surface area contributed by atoms with Gasteiger partial charge in [-0.25, -0.2) is 0 Å². The molecule has 0 unspecified atom stereocenters. The van der Waals surface area contributed by atoms with Crippen molar-refractivity contribution >= 4 is 11.9 Å². The highest BCUT2D eigenvalue weighted by molar-refractivity contribution is 5.79. The van der Waals surface area contributed by atoms with Gasteiger partial charge in [0.2, 0.25) is 5.91 Å². The van der Waals surface area contributed by atoms with E-state index in [9.17, 15) is 27.9 Å². The maximum Gasteiger partial charge on any atom is 0.397 e. The zero-order valence-corrected chi connectivity index (χ0v) is 10.7. The molecule has 0 atom stereocenters. The zero-order chi connectivity index (χ0) is 14.7. The fourth-order valence-electron chi connectivity index (χ4n) is 2.29. The fourth-order valence-corrected chi connectivity index (χ4v) is 2.29. The lowest BCUT2D eigenvalue weighted by Gasteiger charge is -2.35. The molecule has 1 rings (SSSR count). The quantitative estimate of drug-likeness (QED) is 0.831. The average Bonchev–Trinajstić information content (AvgIpc) is 2.26. The third kappa shape index (κ3) is 4.72. The van der Waals surface area contributed by atoms with Crippen LogP contribution in [-0.4, -0.2) is 29.7 Å². The van der Waals surface area contributed by atoms with Crippen molar-refractivity contribution in [1.82, 2.24) is 5.32 Å². The molecule has 1 aliphatic carbocycles. The van der Waals surface area contributed by atoms with Crippen LogP contribution >= 0.6 is 0 Å². The Hall–Kier alpha value is -1.27. The topological polar surface area (TPSA) is 66.4 Å². The van der Waals surface area contributed by atoms with Crippen LogP contribution in [0.4, 0.5) is 13.2 Å². The van der Waals surface area contributed by atoms with Crippen LogP contribution in [0.3, 0.4) is 0 Å². The van der Waals surface area contributed by atoms with E-state index >= 15 is 0 Å². The van der Waals surface area contributed by atoms with Crippen molar-refractivity contribution in [3.8, 4) is 0 Å². The average molecular weight is 281 g/mol. The van der Waals surface area contributed by atoms with Crippen molar-refractivity contribution < 1.29 is 27.9 Å². The first-order chi connectivity index (χ1) is 8.65. The molecule has 0 aromatic carbocycles. The monoisotopic (exact) mass is 281 g/mol. The fraction of sp³-hybridized carbons (Fsp3) is 0.833. The molecule has 110 valence electrons. The highest BCUT2D eigenvalue weighted by Crippen LogP contribution is 2.38. The molecule has 1 saturated carbocycles. The van der Waals surface area contributed by atoms with E-state index in [1.807, 2.05) is 6.92 Å². The Kier molecular flexibility index (Phi) is 4.81. The van der Waals surface area contributed by atoms with E-state index in [1.165, 1.54) is 0 Å². The smallest absolute Gasteiger partial charge is 0.397 e. The van der Waals surface area contributed by atoms with E-state index in [2.05, 4.69) is 5.32 Å². The Bertz CT molecular complexity index is 347. The summed E-state index contributed by atoms with van der Waals surface area (Å²) >= 11 is 0. The predicted octanol–water partition coefficient (Wildman–Crippen LogP) is 2.34. The second kappa shape index (κ2) is 5.79. The van der Waals surface area contributed by atoms with Gasteiger partial charge in [0.25, 0.3) is 0 Å². The lowest BCUT2D eigenvalue weighted by atomic mass is 9.71. The largest absolute Gasteiger partial charge is 0.481 e. The van der Waals surface area contributed by atoms with Crippen LogP contribution in [0.5, 0.6) is 0 Å². The molecule has 1 aliphatic rings. The lowest BCUT2D eigenvalue weighted by molar-refractivity contribution is -0.155. The molecule has 7 heteroatoms. The van der Waals surface area contributed by atoms with Gasteiger partial charge in [-0.2, -0.15) is 13.2 Å². The molecule has 0 heterocycles. The van der Waals surface area contributed by atoms with Gasteiger partial charge in [0.05, 0.1) is 5.41 Å². The van der Waals surface area contributed by atoms with Crippen LogP contribution in [0.25, 0.3) is 0 Å². The van der Waals surface area contributed by atoms with Crippen molar-refractivity contribution in [2.75, 3.05) is 6.54 Å². The van der Waals surface area contributed by atoms with Gasteiger partial charge in [0, 0.05) is 6.54 Å². The third-order valence-electron chi connectivity index (χ3n) is 3.67. The first-order valence-electron chi connectivity index (χ1n) is 6.21. The van der Waals surface area contributed by atoms with E-state index in [1.54, 1.807) is 0 Å². The maximum absolute atomic E-state index is 12.0. The zero-order valence-electron chi connectivity index (χ0n) is 10.7. The molecular formula is C12H18F3NO3. The van der Waals surface area contributed by atoms with Crippen molar-refractivity contribution in [1.29, 1.82) is 0 Å². The van der Waals surface area contributed by atoms with Gasteiger partial charge in [0.15, 0.2) is 0 Å². The van der Waals surface area contributed by atoms with Crippen LogP contribution in [0.2, 0.25) is 0 Å². The van der Waals surface area contributed by atoms with Crippen LogP contribution in [0, 0.1) is 11.3 Å². The first-order valence-corrected chi connectivity index (χ1v) is 6.21. The molecule has 0 aliphatic heterocycles. The summed E-state index contributed by atoms with van der Waals surface area (Å²) in [6.45, 7) is 1.78. The summed E-state index contributed by atoms with van der Waals surface area (Å²) in [6.07, 6.45) is -3.95. The maximum atomic E-state index is 12.0. The number of halogens is 3. The number of nitrogens with one attached hydrogen (secondary N) is 1. The van der Waals surface area contributed by atoms with E-state index in [4.69, 9.17) is 0 Å². The number of carboxylic acid groups (broad SMARTS) is 1. The highest BCUT2D eigenvalue weighted by atomic mass is 19.4. The van der Waals surface area contributed by atoms with Crippen molar-refractivity contribution in [3.05, 3.63) is 0 Å². The first kappa shape index (κ1) is 15.8. The number of aliphatic carboxylic acids is 1. The van der Waals surface area contributed by atoms with Crippen molar-refractivity contribution in [2.24, 2.45) is 11.3 Å². The molecule has 1 fully saturated rings. The number of carboxylic acids is 1. The normalized spacial score (nSPS) is 27.9. The van der Waals surface area contributed by atoms with E-state index in [0.717, 1.165) is 0 Å². The Morgan fingerprint density at radius 3 is 2.26 bits per heavy atom. The molecule has 0 aromatic heterocycles. The molecule has 4 nitrogen and oxygen atoms in total. The number of alkyl halides is 3. The molecule has 2 N–H and O–H groups in total. The summed E-state index contributed by atoms with van der Waals surface area (Å²) in [7, 11) is 0. The Labute approximate surface area is 109 Å². The minimum atomic E-state index is -4.57. The summed E-state index contributed by atoms with van der Waals surface area (Å²) in [5, 5.41) is 11.4. The third-order valence-corrected chi connectivity index (χ3v) is 3.67. The highest BCUT2D eigenvalue weighted by Gasteiger charge is 2.42. The molecule has 19 heavy (non-hydrogen) atoms. The van der Waals surface area contributed by atoms with Gasteiger partial charge >= 0.3 is 12.1 Å². The van der Waals surface area contributed by atoms with Gasteiger partial charge in [0.1, 0.15) is 6.42 Å². The molecule has 0 radical (unpaired) electrons. The lowest BCUT2D eigenvalue weighted by Crippen LogP contribution is -2.45. The molecule has 0 bridgehead atoms. The van der Waals surface area contributed by atoms with Gasteiger partial charge in [-0.05, 0) is 31.6 Å². The number of hydrogen-bond donors (Lipinski definition) is 2.